The largest absolute Gasteiger partial charge is 0.455 e. The van der Waals surface area contributed by atoms with Gasteiger partial charge in [0, 0.05) is 18.9 Å². The number of ether oxygens (including phenoxy) is 1. The van der Waals surface area contributed by atoms with Crippen LogP contribution in [0.5, 0.6) is 11.5 Å². The lowest BCUT2D eigenvalue weighted by molar-refractivity contribution is 0.485. The fourth-order valence-electron chi connectivity index (χ4n) is 2.53. The minimum Gasteiger partial charge on any atom is -0.455 e. The number of hydrogen-bond donors (Lipinski definition) is 2. The van der Waals surface area contributed by atoms with E-state index < -0.39 is 0 Å². The summed E-state index contributed by atoms with van der Waals surface area (Å²) >= 11 is 0. The van der Waals surface area contributed by atoms with E-state index in [0.29, 0.717) is 24.1 Å². The first-order valence-electron chi connectivity index (χ1n) is 8.78. The van der Waals surface area contributed by atoms with Crippen molar-refractivity contribution in [1.82, 2.24) is 20.2 Å². The van der Waals surface area contributed by atoms with Crippen LogP contribution in [-0.4, -0.2) is 20.2 Å². The van der Waals surface area contributed by atoms with E-state index in [0.717, 1.165) is 17.0 Å². The zero-order valence-electron chi connectivity index (χ0n) is 15.0. The van der Waals surface area contributed by atoms with Gasteiger partial charge in [-0.3, -0.25) is 4.98 Å². The Balaban J connectivity index is 1.47. The quantitative estimate of drug-likeness (QED) is 0.498. The average molecular weight is 370 g/mol. The van der Waals surface area contributed by atoms with Gasteiger partial charge in [-0.15, -0.1) is 5.10 Å². The number of hydrogen-bond acceptors (Lipinski definition) is 7. The third-order valence-electron chi connectivity index (χ3n) is 3.89. The summed E-state index contributed by atoms with van der Waals surface area (Å²) in [6.45, 7) is 0.619. The zero-order chi connectivity index (χ0) is 19.0. The molecule has 0 aliphatic heterocycles. The predicted molar refractivity (Wildman–Crippen MR) is 108 cm³/mol. The smallest absolute Gasteiger partial charge is 0.249 e. The summed E-state index contributed by atoms with van der Waals surface area (Å²) in [5, 5.41) is 14.5. The van der Waals surface area contributed by atoms with Crippen molar-refractivity contribution in [3.8, 4) is 11.5 Å². The van der Waals surface area contributed by atoms with E-state index in [1.165, 1.54) is 0 Å². The van der Waals surface area contributed by atoms with Gasteiger partial charge in [0.1, 0.15) is 5.75 Å². The molecule has 2 aromatic carbocycles. The molecule has 28 heavy (non-hydrogen) atoms. The molecule has 0 fully saturated rings. The van der Waals surface area contributed by atoms with Crippen LogP contribution in [0.15, 0.2) is 85.3 Å². The highest BCUT2D eigenvalue weighted by molar-refractivity contribution is 5.63. The zero-order valence-corrected chi connectivity index (χ0v) is 15.0. The minimum absolute atomic E-state index is 0.379. The first-order valence-corrected chi connectivity index (χ1v) is 8.78. The van der Waals surface area contributed by atoms with Crippen LogP contribution in [0.4, 0.5) is 17.5 Å². The summed E-state index contributed by atoms with van der Waals surface area (Å²) in [4.78, 5) is 8.48. The third kappa shape index (κ3) is 4.59. The van der Waals surface area contributed by atoms with E-state index in [1.54, 1.807) is 18.6 Å². The second kappa shape index (κ2) is 8.59. The normalized spacial score (nSPS) is 10.3. The summed E-state index contributed by atoms with van der Waals surface area (Å²) in [5.74, 6) is 2.43. The Morgan fingerprint density at radius 2 is 1.64 bits per heavy atom. The Morgan fingerprint density at radius 1 is 0.857 bits per heavy atom. The maximum atomic E-state index is 5.96. The van der Waals surface area contributed by atoms with Gasteiger partial charge in [0.05, 0.1) is 11.9 Å². The SMILES string of the molecule is c1ccc(Oc2ccccc2Nc2nncc(NCc3ccncc3)n2)cc1. The summed E-state index contributed by atoms with van der Waals surface area (Å²) in [5.41, 5.74) is 1.85. The molecule has 0 saturated carbocycles. The van der Waals surface area contributed by atoms with E-state index in [9.17, 15) is 0 Å². The predicted octanol–water partition coefficient (Wildman–Crippen LogP) is 4.41. The molecule has 7 nitrogen and oxygen atoms in total. The minimum atomic E-state index is 0.379. The highest BCUT2D eigenvalue weighted by Crippen LogP contribution is 2.30. The Labute approximate surface area is 162 Å². The van der Waals surface area contributed by atoms with Crippen molar-refractivity contribution in [2.45, 2.75) is 6.54 Å². The van der Waals surface area contributed by atoms with E-state index in [-0.39, 0.29) is 0 Å². The van der Waals surface area contributed by atoms with Crippen LogP contribution in [0.25, 0.3) is 0 Å². The van der Waals surface area contributed by atoms with Crippen LogP contribution >= 0.6 is 0 Å². The van der Waals surface area contributed by atoms with Gasteiger partial charge in [0.2, 0.25) is 5.95 Å². The molecule has 0 saturated heterocycles. The Kier molecular flexibility index (Phi) is 5.34. The molecule has 0 aliphatic carbocycles. The average Bonchev–Trinajstić information content (AvgIpc) is 2.75. The number of para-hydroxylation sites is 3. The van der Waals surface area contributed by atoms with Gasteiger partial charge in [0.25, 0.3) is 0 Å². The first-order chi connectivity index (χ1) is 13.9. The van der Waals surface area contributed by atoms with Crippen LogP contribution in [0.3, 0.4) is 0 Å². The molecule has 0 spiro atoms. The fraction of sp³-hybridized carbons (Fsp3) is 0.0476. The van der Waals surface area contributed by atoms with Crippen molar-refractivity contribution in [3.05, 3.63) is 90.9 Å². The van der Waals surface area contributed by atoms with Gasteiger partial charge < -0.3 is 15.4 Å². The van der Waals surface area contributed by atoms with E-state index in [1.807, 2.05) is 66.7 Å². The maximum absolute atomic E-state index is 5.96. The molecule has 2 aromatic heterocycles. The highest BCUT2D eigenvalue weighted by Gasteiger charge is 2.07. The van der Waals surface area contributed by atoms with Crippen LogP contribution < -0.4 is 15.4 Å². The van der Waals surface area contributed by atoms with Crippen molar-refractivity contribution in [3.63, 3.8) is 0 Å². The van der Waals surface area contributed by atoms with Crippen LogP contribution in [0.1, 0.15) is 5.56 Å². The lowest BCUT2D eigenvalue weighted by Gasteiger charge is -2.12. The standard InChI is InChI=1S/C21H18N6O/c1-2-6-17(7-3-1)28-19-9-5-4-8-18(19)25-21-26-20(15-24-27-21)23-14-16-10-12-22-13-11-16/h1-13,15H,14H2,(H2,23,25,26,27). The molecule has 138 valence electrons. The second-order valence-corrected chi connectivity index (χ2v) is 5.91. The summed E-state index contributed by atoms with van der Waals surface area (Å²) in [6, 6.07) is 21.1. The van der Waals surface area contributed by atoms with Gasteiger partial charge in [-0.2, -0.15) is 10.1 Å². The molecule has 0 atom stereocenters. The number of nitrogens with one attached hydrogen (secondary N) is 2. The van der Waals surface area contributed by atoms with Gasteiger partial charge in [-0.05, 0) is 42.0 Å². The summed E-state index contributed by atoms with van der Waals surface area (Å²) in [7, 11) is 0. The third-order valence-corrected chi connectivity index (χ3v) is 3.89. The molecule has 2 N–H and O–H groups in total. The number of benzene rings is 2. The Morgan fingerprint density at radius 3 is 2.50 bits per heavy atom. The molecule has 0 radical (unpaired) electrons. The van der Waals surface area contributed by atoms with Crippen molar-refractivity contribution < 1.29 is 4.74 Å². The van der Waals surface area contributed by atoms with Gasteiger partial charge in [-0.1, -0.05) is 30.3 Å². The molecule has 0 aliphatic rings. The first kappa shape index (κ1) is 17.4. The molecule has 0 bridgehead atoms. The fourth-order valence-corrected chi connectivity index (χ4v) is 2.53. The van der Waals surface area contributed by atoms with Crippen LogP contribution in [0, 0.1) is 0 Å². The molecule has 0 amide bonds. The molecule has 4 rings (SSSR count). The van der Waals surface area contributed by atoms with Crippen molar-refractivity contribution in [2.75, 3.05) is 10.6 Å². The van der Waals surface area contributed by atoms with Crippen LogP contribution in [-0.2, 0) is 6.54 Å². The number of nitrogens with zero attached hydrogens (tertiary/aromatic N) is 4. The maximum Gasteiger partial charge on any atom is 0.249 e. The number of rotatable bonds is 7. The van der Waals surface area contributed by atoms with E-state index in [4.69, 9.17) is 4.74 Å². The topological polar surface area (TPSA) is 84.9 Å². The molecule has 7 heteroatoms. The Bertz CT molecular complexity index is 1030. The lowest BCUT2D eigenvalue weighted by atomic mass is 10.3. The van der Waals surface area contributed by atoms with Gasteiger partial charge in [0.15, 0.2) is 11.6 Å². The second-order valence-electron chi connectivity index (χ2n) is 5.91. The summed E-state index contributed by atoms with van der Waals surface area (Å²) in [6.07, 6.45) is 5.09. The number of anilines is 3. The molecule has 2 heterocycles. The van der Waals surface area contributed by atoms with Crippen LogP contribution in [0.2, 0.25) is 0 Å². The lowest BCUT2D eigenvalue weighted by Crippen LogP contribution is -2.06. The molecular formula is C21H18N6O. The monoisotopic (exact) mass is 370 g/mol. The van der Waals surface area contributed by atoms with Crippen molar-refractivity contribution >= 4 is 17.5 Å². The number of pyridine rings is 1. The number of aromatic nitrogens is 4. The van der Waals surface area contributed by atoms with Gasteiger partial charge >= 0.3 is 0 Å². The van der Waals surface area contributed by atoms with Crippen molar-refractivity contribution in [1.29, 1.82) is 0 Å². The summed E-state index contributed by atoms with van der Waals surface area (Å²) < 4.78 is 5.96. The van der Waals surface area contributed by atoms with E-state index >= 15 is 0 Å². The van der Waals surface area contributed by atoms with E-state index in [2.05, 4.69) is 30.8 Å². The molecule has 4 aromatic rings. The Hall–Kier alpha value is -4.00. The highest BCUT2D eigenvalue weighted by atomic mass is 16.5. The molecular weight excluding hydrogens is 352 g/mol. The van der Waals surface area contributed by atoms with Crippen molar-refractivity contribution in [2.24, 2.45) is 0 Å². The van der Waals surface area contributed by atoms with Gasteiger partial charge in [-0.25, -0.2) is 0 Å². The molecule has 0 unspecified atom stereocenters.